The molecule has 142 valence electrons. The Kier molecular flexibility index (Phi) is 5.55. The highest BCUT2D eigenvalue weighted by molar-refractivity contribution is 6.04. The van der Waals surface area contributed by atoms with Crippen molar-refractivity contribution in [2.45, 2.75) is 32.2 Å². The van der Waals surface area contributed by atoms with E-state index in [1.54, 1.807) is 0 Å². The Morgan fingerprint density at radius 3 is 2.56 bits per heavy atom. The van der Waals surface area contributed by atoms with Crippen molar-refractivity contribution in [1.82, 2.24) is 9.80 Å². The summed E-state index contributed by atoms with van der Waals surface area (Å²) >= 11 is 0. The van der Waals surface area contributed by atoms with Crippen LogP contribution >= 0.6 is 0 Å². The fraction of sp³-hybridized carbons (Fsp3) is 0.435. The molecule has 4 rings (SSSR count). The van der Waals surface area contributed by atoms with E-state index in [0.29, 0.717) is 0 Å². The maximum Gasteiger partial charge on any atom is 0.255 e. The predicted molar refractivity (Wildman–Crippen MR) is 110 cm³/mol. The number of fused-ring (bicyclic) bond motifs is 1. The van der Waals surface area contributed by atoms with Crippen LogP contribution in [0.2, 0.25) is 0 Å². The lowest BCUT2D eigenvalue weighted by Crippen LogP contribution is -2.43. The second kappa shape index (κ2) is 8.24. The Morgan fingerprint density at radius 1 is 0.963 bits per heavy atom. The van der Waals surface area contributed by atoms with E-state index in [4.69, 9.17) is 0 Å². The summed E-state index contributed by atoms with van der Waals surface area (Å²) in [6.07, 6.45) is 4.73. The molecule has 0 saturated carbocycles. The van der Waals surface area contributed by atoms with Gasteiger partial charge in [0, 0.05) is 44.0 Å². The van der Waals surface area contributed by atoms with E-state index in [2.05, 4.69) is 46.4 Å². The zero-order valence-corrected chi connectivity index (χ0v) is 16.2. The number of nitrogens with zero attached hydrogens (tertiary/aromatic N) is 2. The van der Waals surface area contributed by atoms with Gasteiger partial charge in [-0.25, -0.2) is 0 Å². The zero-order chi connectivity index (χ0) is 18.6. The van der Waals surface area contributed by atoms with Gasteiger partial charge >= 0.3 is 0 Å². The third kappa shape index (κ3) is 4.57. The number of hydrogen-bond acceptors (Lipinski definition) is 3. The zero-order valence-electron chi connectivity index (χ0n) is 16.2. The predicted octanol–water partition coefficient (Wildman–Crippen LogP) is 3.57. The van der Waals surface area contributed by atoms with Crippen LogP contribution in [0, 0.1) is 0 Å². The first-order chi connectivity index (χ1) is 13.2. The molecule has 2 aromatic rings. The normalized spacial score (nSPS) is 18.1. The Labute approximate surface area is 162 Å². The van der Waals surface area contributed by atoms with Gasteiger partial charge in [0.15, 0.2) is 0 Å². The van der Waals surface area contributed by atoms with E-state index in [1.807, 2.05) is 18.2 Å². The number of likely N-dealkylation sites (N-methyl/N-ethyl adjacent to an activating group) is 1. The molecule has 1 amide bonds. The van der Waals surface area contributed by atoms with Gasteiger partial charge in [0.2, 0.25) is 0 Å². The van der Waals surface area contributed by atoms with Gasteiger partial charge in [-0.05, 0) is 73.7 Å². The highest BCUT2D eigenvalue weighted by Gasteiger charge is 2.15. The lowest BCUT2D eigenvalue weighted by Gasteiger charge is -2.32. The number of rotatable bonds is 4. The van der Waals surface area contributed by atoms with Gasteiger partial charge in [-0.15, -0.1) is 0 Å². The number of carbonyl (C=O) groups is 1. The summed E-state index contributed by atoms with van der Waals surface area (Å²) in [5.41, 5.74) is 5.65. The highest BCUT2D eigenvalue weighted by Crippen LogP contribution is 2.23. The number of nitrogens with one attached hydrogen (secondary N) is 1. The summed E-state index contributed by atoms with van der Waals surface area (Å²) in [6, 6.07) is 14.4. The average Bonchev–Trinajstić information content (AvgIpc) is 2.69. The molecule has 1 fully saturated rings. The van der Waals surface area contributed by atoms with E-state index in [-0.39, 0.29) is 5.91 Å². The number of aryl methyl sites for hydroxylation is 2. The van der Waals surface area contributed by atoms with Crippen LogP contribution in [0.5, 0.6) is 0 Å². The van der Waals surface area contributed by atoms with Crippen LogP contribution in [0.4, 0.5) is 5.69 Å². The molecule has 1 aliphatic carbocycles. The van der Waals surface area contributed by atoms with Crippen LogP contribution in [0.1, 0.15) is 39.9 Å². The molecule has 0 aromatic heterocycles. The lowest BCUT2D eigenvalue weighted by molar-refractivity contribution is 0.102. The standard InChI is InChI=1S/C23H29N3O/c1-25-11-13-26(14-12-25)17-18-5-4-8-22(15-18)24-23(27)21-10-9-19-6-2-3-7-20(19)16-21/h4-5,8-10,15-16H,2-3,6-7,11-14,17H2,1H3,(H,24,27). The van der Waals surface area contributed by atoms with Crippen LogP contribution in [-0.4, -0.2) is 48.9 Å². The fourth-order valence-electron chi connectivity index (χ4n) is 4.09. The van der Waals surface area contributed by atoms with Crippen LogP contribution in [0.25, 0.3) is 0 Å². The van der Waals surface area contributed by atoms with Gasteiger partial charge in [0.25, 0.3) is 5.91 Å². The molecular weight excluding hydrogens is 334 g/mol. The molecule has 0 spiro atoms. The molecule has 1 N–H and O–H groups in total. The number of piperazine rings is 1. The Morgan fingerprint density at radius 2 is 1.74 bits per heavy atom. The molecule has 27 heavy (non-hydrogen) atoms. The van der Waals surface area contributed by atoms with Crippen molar-refractivity contribution in [2.24, 2.45) is 0 Å². The average molecular weight is 364 g/mol. The van der Waals surface area contributed by atoms with E-state index >= 15 is 0 Å². The van der Waals surface area contributed by atoms with Gasteiger partial charge in [-0.2, -0.15) is 0 Å². The molecule has 0 atom stereocenters. The van der Waals surface area contributed by atoms with Crippen molar-refractivity contribution in [3.8, 4) is 0 Å². The molecule has 1 saturated heterocycles. The monoisotopic (exact) mass is 363 g/mol. The summed E-state index contributed by atoms with van der Waals surface area (Å²) < 4.78 is 0. The van der Waals surface area contributed by atoms with E-state index in [0.717, 1.165) is 56.8 Å². The van der Waals surface area contributed by atoms with Crippen molar-refractivity contribution in [2.75, 3.05) is 38.5 Å². The summed E-state index contributed by atoms with van der Waals surface area (Å²) in [5, 5.41) is 3.08. The summed E-state index contributed by atoms with van der Waals surface area (Å²) in [7, 11) is 2.17. The SMILES string of the molecule is CN1CCN(Cc2cccc(NC(=O)c3ccc4c(c3)CCCC4)c2)CC1. The third-order valence-electron chi connectivity index (χ3n) is 5.80. The molecule has 4 nitrogen and oxygen atoms in total. The first-order valence-electron chi connectivity index (χ1n) is 10.1. The van der Waals surface area contributed by atoms with Crippen LogP contribution in [-0.2, 0) is 19.4 Å². The van der Waals surface area contributed by atoms with E-state index < -0.39 is 0 Å². The van der Waals surface area contributed by atoms with Crippen molar-refractivity contribution >= 4 is 11.6 Å². The lowest BCUT2D eigenvalue weighted by atomic mass is 9.90. The number of amides is 1. The molecule has 1 aliphatic heterocycles. The Balaban J connectivity index is 1.41. The smallest absolute Gasteiger partial charge is 0.255 e. The van der Waals surface area contributed by atoms with Gasteiger partial charge in [0.05, 0.1) is 0 Å². The second-order valence-electron chi connectivity index (χ2n) is 7.92. The molecule has 0 unspecified atom stereocenters. The highest BCUT2D eigenvalue weighted by atomic mass is 16.1. The van der Waals surface area contributed by atoms with Gasteiger partial charge < -0.3 is 10.2 Å². The number of anilines is 1. The van der Waals surface area contributed by atoms with Gasteiger partial charge in [-0.3, -0.25) is 9.69 Å². The number of carbonyl (C=O) groups excluding carboxylic acids is 1. The maximum atomic E-state index is 12.7. The Hall–Kier alpha value is -2.17. The molecular formula is C23H29N3O. The van der Waals surface area contributed by atoms with Crippen LogP contribution in [0.3, 0.4) is 0 Å². The van der Waals surface area contributed by atoms with E-state index in [9.17, 15) is 4.79 Å². The summed E-state index contributed by atoms with van der Waals surface area (Å²) in [4.78, 5) is 17.6. The summed E-state index contributed by atoms with van der Waals surface area (Å²) in [5.74, 6) is -0.0138. The molecule has 4 heteroatoms. The van der Waals surface area contributed by atoms with Gasteiger partial charge in [-0.1, -0.05) is 18.2 Å². The van der Waals surface area contributed by atoms with E-state index in [1.165, 1.54) is 29.5 Å². The second-order valence-corrected chi connectivity index (χ2v) is 7.92. The first kappa shape index (κ1) is 18.2. The van der Waals surface area contributed by atoms with Crippen LogP contribution < -0.4 is 5.32 Å². The van der Waals surface area contributed by atoms with Crippen molar-refractivity contribution in [3.63, 3.8) is 0 Å². The third-order valence-corrected chi connectivity index (χ3v) is 5.80. The van der Waals surface area contributed by atoms with Crippen molar-refractivity contribution in [3.05, 3.63) is 64.7 Å². The number of hydrogen-bond donors (Lipinski definition) is 1. The molecule has 1 heterocycles. The summed E-state index contributed by atoms with van der Waals surface area (Å²) in [6.45, 7) is 5.38. The topological polar surface area (TPSA) is 35.6 Å². The fourth-order valence-corrected chi connectivity index (χ4v) is 4.09. The maximum absolute atomic E-state index is 12.7. The largest absolute Gasteiger partial charge is 0.322 e. The first-order valence-corrected chi connectivity index (χ1v) is 10.1. The van der Waals surface area contributed by atoms with Crippen LogP contribution in [0.15, 0.2) is 42.5 Å². The molecule has 2 aliphatic rings. The van der Waals surface area contributed by atoms with Crippen molar-refractivity contribution < 1.29 is 4.79 Å². The minimum atomic E-state index is -0.0138. The molecule has 2 aromatic carbocycles. The minimum absolute atomic E-state index is 0.0138. The van der Waals surface area contributed by atoms with Gasteiger partial charge in [0.1, 0.15) is 0 Å². The quantitative estimate of drug-likeness (QED) is 0.902. The number of benzene rings is 2. The van der Waals surface area contributed by atoms with Crippen molar-refractivity contribution in [1.29, 1.82) is 0 Å². The molecule has 0 bridgehead atoms. The minimum Gasteiger partial charge on any atom is -0.322 e. The Bertz CT molecular complexity index is 809. The molecule has 0 radical (unpaired) electrons.